The van der Waals surface area contributed by atoms with Crippen molar-refractivity contribution in [1.82, 2.24) is 4.98 Å². The van der Waals surface area contributed by atoms with Crippen molar-refractivity contribution in [3.8, 4) is 16.3 Å². The van der Waals surface area contributed by atoms with E-state index in [2.05, 4.69) is 4.98 Å². The van der Waals surface area contributed by atoms with E-state index in [0.717, 1.165) is 29.5 Å². The van der Waals surface area contributed by atoms with Crippen LogP contribution in [-0.4, -0.2) is 15.9 Å². The molecule has 0 radical (unpaired) electrons. The van der Waals surface area contributed by atoms with Gasteiger partial charge in [0.2, 0.25) is 5.75 Å². The van der Waals surface area contributed by atoms with E-state index in [1.54, 1.807) is 6.92 Å². The van der Waals surface area contributed by atoms with Crippen molar-refractivity contribution in [2.75, 3.05) is 0 Å². The maximum atomic E-state index is 13.3. The molecule has 0 saturated carbocycles. The zero-order chi connectivity index (χ0) is 18.8. The fourth-order valence-electron chi connectivity index (χ4n) is 2.17. The highest BCUT2D eigenvalue weighted by atomic mass is 32.1. The number of esters is 1. The maximum Gasteiger partial charge on any atom is 0.355 e. The van der Waals surface area contributed by atoms with Gasteiger partial charge in [-0.15, -0.1) is 11.3 Å². The van der Waals surface area contributed by atoms with Gasteiger partial charge in [0.25, 0.3) is 0 Å². The molecule has 1 heterocycles. The SMILES string of the molecule is Cc1nc(-c2ccc(F)cc2)sc1C(=O)Oc1cc(F)ccc1[N+](=O)[O-]. The number of aromatic nitrogens is 1. The number of carbonyl (C=O) groups is 1. The van der Waals surface area contributed by atoms with Gasteiger partial charge in [0, 0.05) is 17.7 Å². The Kier molecular flexibility index (Phi) is 4.72. The summed E-state index contributed by atoms with van der Waals surface area (Å²) in [6.45, 7) is 1.57. The first kappa shape index (κ1) is 17.6. The number of aryl methyl sites for hydroxylation is 1. The van der Waals surface area contributed by atoms with Gasteiger partial charge in [0.15, 0.2) is 0 Å². The van der Waals surface area contributed by atoms with Crippen molar-refractivity contribution in [3.63, 3.8) is 0 Å². The summed E-state index contributed by atoms with van der Waals surface area (Å²) in [5, 5.41) is 11.4. The molecule has 3 rings (SSSR count). The number of hydrogen-bond donors (Lipinski definition) is 0. The summed E-state index contributed by atoms with van der Waals surface area (Å²) in [6, 6.07) is 8.15. The second-order valence-corrected chi connectivity index (χ2v) is 6.20. The van der Waals surface area contributed by atoms with Crippen LogP contribution in [0.25, 0.3) is 10.6 Å². The predicted octanol–water partition coefficient (Wildman–Crippen LogP) is 4.52. The summed E-state index contributed by atoms with van der Waals surface area (Å²) in [6.07, 6.45) is 0. The van der Waals surface area contributed by atoms with Gasteiger partial charge < -0.3 is 4.74 Å². The minimum atomic E-state index is -0.887. The molecule has 0 aliphatic heterocycles. The quantitative estimate of drug-likeness (QED) is 0.289. The molecule has 0 bridgehead atoms. The fourth-order valence-corrected chi connectivity index (χ4v) is 3.12. The Labute approximate surface area is 149 Å². The number of benzene rings is 2. The molecule has 0 unspecified atom stereocenters. The van der Waals surface area contributed by atoms with E-state index in [4.69, 9.17) is 4.74 Å². The van der Waals surface area contributed by atoms with Crippen LogP contribution in [0.3, 0.4) is 0 Å². The summed E-state index contributed by atoms with van der Waals surface area (Å²) in [4.78, 5) is 26.9. The number of rotatable bonds is 4. The third kappa shape index (κ3) is 3.57. The molecule has 3 aromatic rings. The fraction of sp³-hybridized carbons (Fsp3) is 0.0588. The van der Waals surface area contributed by atoms with Crippen molar-refractivity contribution in [2.24, 2.45) is 0 Å². The van der Waals surface area contributed by atoms with Gasteiger partial charge >= 0.3 is 11.7 Å². The number of halogens is 2. The lowest BCUT2D eigenvalue weighted by Crippen LogP contribution is -2.09. The molecule has 0 aliphatic carbocycles. The lowest BCUT2D eigenvalue weighted by atomic mass is 10.2. The molecule has 1 aromatic heterocycles. The third-order valence-electron chi connectivity index (χ3n) is 3.39. The normalized spacial score (nSPS) is 10.6. The van der Waals surface area contributed by atoms with Crippen molar-refractivity contribution >= 4 is 23.0 Å². The third-order valence-corrected chi connectivity index (χ3v) is 4.58. The Morgan fingerprint density at radius 2 is 1.81 bits per heavy atom. The molecule has 0 aliphatic rings. The molecule has 132 valence electrons. The Balaban J connectivity index is 1.91. The van der Waals surface area contributed by atoms with Gasteiger partial charge in [0.1, 0.15) is 21.5 Å². The second-order valence-electron chi connectivity index (χ2n) is 5.20. The van der Waals surface area contributed by atoms with Crippen molar-refractivity contribution in [1.29, 1.82) is 0 Å². The molecule has 0 saturated heterocycles. The number of thiazole rings is 1. The summed E-state index contributed by atoms with van der Waals surface area (Å²) in [5.41, 5.74) is 0.425. The van der Waals surface area contributed by atoms with E-state index < -0.39 is 34.0 Å². The number of ether oxygens (including phenoxy) is 1. The first-order valence-electron chi connectivity index (χ1n) is 7.24. The van der Waals surface area contributed by atoms with Crippen molar-refractivity contribution < 1.29 is 23.2 Å². The highest BCUT2D eigenvalue weighted by molar-refractivity contribution is 7.17. The van der Waals surface area contributed by atoms with E-state index in [-0.39, 0.29) is 4.88 Å². The van der Waals surface area contributed by atoms with Gasteiger partial charge in [-0.05, 0) is 37.3 Å². The minimum Gasteiger partial charge on any atom is -0.415 e. The van der Waals surface area contributed by atoms with E-state index in [9.17, 15) is 23.7 Å². The molecule has 6 nitrogen and oxygen atoms in total. The van der Waals surface area contributed by atoms with Crippen LogP contribution in [0, 0.1) is 28.7 Å². The lowest BCUT2D eigenvalue weighted by Gasteiger charge is -2.04. The smallest absolute Gasteiger partial charge is 0.355 e. The van der Waals surface area contributed by atoms with Crippen molar-refractivity contribution in [2.45, 2.75) is 6.92 Å². The summed E-state index contributed by atoms with van der Waals surface area (Å²) in [7, 11) is 0. The highest BCUT2D eigenvalue weighted by Gasteiger charge is 2.23. The van der Waals surface area contributed by atoms with E-state index >= 15 is 0 Å². The Bertz CT molecular complexity index is 1000. The number of hydrogen-bond acceptors (Lipinski definition) is 6. The topological polar surface area (TPSA) is 82.3 Å². The average molecular weight is 376 g/mol. The number of nitro benzene ring substituents is 1. The van der Waals surface area contributed by atoms with Gasteiger partial charge in [-0.3, -0.25) is 10.1 Å². The number of carbonyl (C=O) groups excluding carboxylic acids is 1. The molecule has 0 atom stereocenters. The molecule has 9 heteroatoms. The van der Waals surface area contributed by atoms with Crippen LogP contribution in [-0.2, 0) is 0 Å². The van der Waals surface area contributed by atoms with Gasteiger partial charge in [-0.25, -0.2) is 18.6 Å². The van der Waals surface area contributed by atoms with Crippen molar-refractivity contribution in [3.05, 3.63) is 74.8 Å². The summed E-state index contributed by atoms with van der Waals surface area (Å²) < 4.78 is 31.4. The molecule has 0 fully saturated rings. The van der Waals surface area contributed by atoms with Crippen LogP contribution in [0.4, 0.5) is 14.5 Å². The average Bonchev–Trinajstić information content (AvgIpc) is 2.97. The first-order valence-corrected chi connectivity index (χ1v) is 8.06. The molecule has 0 spiro atoms. The second kappa shape index (κ2) is 6.96. The van der Waals surface area contributed by atoms with Crippen LogP contribution in [0.2, 0.25) is 0 Å². The monoisotopic (exact) mass is 376 g/mol. The van der Waals surface area contributed by atoms with Crippen LogP contribution < -0.4 is 4.74 Å². The van der Waals surface area contributed by atoms with Gasteiger partial charge in [-0.1, -0.05) is 0 Å². The molecule has 0 N–H and O–H groups in total. The molecule has 2 aromatic carbocycles. The zero-order valence-corrected chi connectivity index (χ0v) is 14.0. The molecular formula is C17H10F2N2O4S. The lowest BCUT2D eigenvalue weighted by molar-refractivity contribution is -0.385. The summed E-state index contributed by atoms with van der Waals surface area (Å²) in [5.74, 6) is -2.55. The Hall–Kier alpha value is -3.20. The minimum absolute atomic E-state index is 0.114. The van der Waals surface area contributed by atoms with Crippen LogP contribution >= 0.6 is 11.3 Å². The first-order chi connectivity index (χ1) is 12.3. The molecular weight excluding hydrogens is 366 g/mol. The van der Waals surface area contributed by atoms with Crippen LogP contribution in [0.15, 0.2) is 42.5 Å². The predicted molar refractivity (Wildman–Crippen MR) is 90.3 cm³/mol. The van der Waals surface area contributed by atoms with Gasteiger partial charge in [0.05, 0.1) is 10.6 Å². The maximum absolute atomic E-state index is 13.3. The largest absolute Gasteiger partial charge is 0.415 e. The van der Waals surface area contributed by atoms with E-state index in [1.807, 2.05) is 0 Å². The Morgan fingerprint density at radius 1 is 1.15 bits per heavy atom. The number of nitrogens with zero attached hydrogens (tertiary/aromatic N) is 2. The van der Waals surface area contributed by atoms with E-state index in [1.165, 1.54) is 24.3 Å². The van der Waals surface area contributed by atoms with Crippen LogP contribution in [0.1, 0.15) is 15.4 Å². The van der Waals surface area contributed by atoms with Gasteiger partial charge in [-0.2, -0.15) is 0 Å². The highest BCUT2D eigenvalue weighted by Crippen LogP contribution is 2.32. The van der Waals surface area contributed by atoms with Crippen LogP contribution in [0.5, 0.6) is 5.75 Å². The standard InChI is InChI=1S/C17H10F2N2O4S/c1-9-15(26-16(20-9)10-2-4-11(18)5-3-10)17(22)25-14-8-12(19)6-7-13(14)21(23)24/h2-8H,1H3. The zero-order valence-electron chi connectivity index (χ0n) is 13.2. The molecule has 0 amide bonds. The Morgan fingerprint density at radius 3 is 2.46 bits per heavy atom. The number of nitro groups is 1. The summed E-state index contributed by atoms with van der Waals surface area (Å²) >= 11 is 0.993. The molecule has 26 heavy (non-hydrogen) atoms. The van der Waals surface area contributed by atoms with E-state index in [0.29, 0.717) is 16.3 Å².